The van der Waals surface area contributed by atoms with Crippen molar-refractivity contribution >= 4 is 23.6 Å². The third-order valence-corrected chi connectivity index (χ3v) is 6.66. The van der Waals surface area contributed by atoms with E-state index in [-0.39, 0.29) is 25.0 Å². The standard InChI is InChI=1S/C28H28ClN5O3/c1-3-37-25(35)14-15-30-28(36)33-18-23-19(2)31-34(22-11-5-4-6-12-22)27(23)32-16-8-13-24(32)26(33)20-9-7-10-21(29)17-20/h4-13,16-17,26H,3,14-15,18H2,1-2H3,(H,30,36). The molecule has 3 heterocycles. The molecule has 9 heteroatoms. The third-order valence-electron chi connectivity index (χ3n) is 6.42. The van der Waals surface area contributed by atoms with Gasteiger partial charge in [-0.1, -0.05) is 41.9 Å². The molecule has 2 aromatic heterocycles. The van der Waals surface area contributed by atoms with Gasteiger partial charge in [-0.25, -0.2) is 9.48 Å². The highest BCUT2D eigenvalue weighted by atomic mass is 35.5. The number of aryl methyl sites for hydroxylation is 1. The summed E-state index contributed by atoms with van der Waals surface area (Å²) in [6.07, 6.45) is 2.09. The van der Waals surface area contributed by atoms with Crippen LogP contribution in [0.4, 0.5) is 4.79 Å². The van der Waals surface area contributed by atoms with Gasteiger partial charge in [0, 0.05) is 23.3 Å². The fraction of sp³-hybridized carbons (Fsp3) is 0.250. The van der Waals surface area contributed by atoms with Crippen LogP contribution in [-0.2, 0) is 16.1 Å². The van der Waals surface area contributed by atoms with Crippen LogP contribution in [0.25, 0.3) is 11.5 Å². The van der Waals surface area contributed by atoms with Crippen LogP contribution in [0, 0.1) is 6.92 Å². The smallest absolute Gasteiger partial charge is 0.318 e. The lowest BCUT2D eigenvalue weighted by Crippen LogP contribution is -2.42. The highest BCUT2D eigenvalue weighted by molar-refractivity contribution is 6.30. The van der Waals surface area contributed by atoms with E-state index in [2.05, 4.69) is 9.88 Å². The van der Waals surface area contributed by atoms with Gasteiger partial charge in [0.05, 0.1) is 42.7 Å². The molecule has 1 atom stereocenters. The van der Waals surface area contributed by atoms with Gasteiger partial charge in [0.2, 0.25) is 0 Å². The number of nitrogens with zero attached hydrogens (tertiary/aromatic N) is 4. The Hall–Kier alpha value is -4.04. The molecule has 4 aromatic rings. The molecule has 0 saturated carbocycles. The van der Waals surface area contributed by atoms with Gasteiger partial charge in [0.25, 0.3) is 0 Å². The minimum atomic E-state index is -0.424. The lowest BCUT2D eigenvalue weighted by atomic mass is 10.0. The van der Waals surface area contributed by atoms with E-state index < -0.39 is 6.04 Å². The summed E-state index contributed by atoms with van der Waals surface area (Å²) in [5.41, 5.74) is 4.48. The zero-order valence-corrected chi connectivity index (χ0v) is 21.5. The van der Waals surface area contributed by atoms with E-state index in [0.717, 1.165) is 34.0 Å². The molecule has 0 bridgehead atoms. The zero-order valence-electron chi connectivity index (χ0n) is 20.7. The summed E-state index contributed by atoms with van der Waals surface area (Å²) in [6.45, 7) is 4.51. The first-order valence-corrected chi connectivity index (χ1v) is 12.6. The average molecular weight is 518 g/mol. The number of carbonyl (C=O) groups is 2. The minimum absolute atomic E-state index is 0.0991. The van der Waals surface area contributed by atoms with Gasteiger partial charge in [-0.2, -0.15) is 5.10 Å². The largest absolute Gasteiger partial charge is 0.466 e. The summed E-state index contributed by atoms with van der Waals surface area (Å²) in [5.74, 6) is 0.541. The van der Waals surface area contributed by atoms with Crippen molar-refractivity contribution in [3.05, 3.63) is 100 Å². The molecule has 2 amide bonds. The van der Waals surface area contributed by atoms with Crippen LogP contribution in [0.2, 0.25) is 5.02 Å². The predicted octanol–water partition coefficient (Wildman–Crippen LogP) is 5.19. The fourth-order valence-corrected chi connectivity index (χ4v) is 4.98. The summed E-state index contributed by atoms with van der Waals surface area (Å²) in [4.78, 5) is 27.3. The van der Waals surface area contributed by atoms with E-state index in [1.165, 1.54) is 0 Å². The second kappa shape index (κ2) is 10.5. The van der Waals surface area contributed by atoms with Gasteiger partial charge < -0.3 is 19.5 Å². The van der Waals surface area contributed by atoms with E-state index in [0.29, 0.717) is 18.2 Å². The Balaban J connectivity index is 1.61. The molecule has 190 valence electrons. The second-order valence-electron chi connectivity index (χ2n) is 8.81. The van der Waals surface area contributed by atoms with Crippen molar-refractivity contribution in [1.29, 1.82) is 0 Å². The van der Waals surface area contributed by atoms with Crippen LogP contribution in [0.5, 0.6) is 0 Å². The lowest BCUT2D eigenvalue weighted by molar-refractivity contribution is -0.142. The Morgan fingerprint density at radius 1 is 1.11 bits per heavy atom. The van der Waals surface area contributed by atoms with Crippen molar-refractivity contribution in [2.24, 2.45) is 0 Å². The van der Waals surface area contributed by atoms with Crippen molar-refractivity contribution < 1.29 is 14.3 Å². The Labute approximate surface area is 220 Å². The normalized spacial score (nSPS) is 14.5. The number of hydrogen-bond donors (Lipinski definition) is 1. The number of urea groups is 1. The topological polar surface area (TPSA) is 81.4 Å². The van der Waals surface area contributed by atoms with Crippen LogP contribution < -0.4 is 5.32 Å². The first-order valence-electron chi connectivity index (χ1n) is 12.2. The number of rotatable bonds is 6. The molecule has 1 aliphatic rings. The Bertz CT molecular complexity index is 1430. The van der Waals surface area contributed by atoms with Crippen LogP contribution >= 0.6 is 11.6 Å². The Kier molecular flexibility index (Phi) is 7.01. The maximum absolute atomic E-state index is 13.7. The minimum Gasteiger partial charge on any atom is -0.466 e. The quantitative estimate of drug-likeness (QED) is 0.357. The molecule has 1 unspecified atom stereocenters. The number of para-hydroxylation sites is 1. The SMILES string of the molecule is CCOC(=O)CCNC(=O)N1Cc2c(C)nn(-c3ccccc3)c2-n2cccc2C1c1cccc(Cl)c1. The third kappa shape index (κ3) is 4.84. The van der Waals surface area contributed by atoms with Crippen LogP contribution in [0.3, 0.4) is 0 Å². The van der Waals surface area contributed by atoms with Crippen LogP contribution in [0.1, 0.15) is 41.9 Å². The van der Waals surface area contributed by atoms with Crippen molar-refractivity contribution in [3.63, 3.8) is 0 Å². The number of esters is 1. The number of amides is 2. The molecule has 1 aliphatic heterocycles. The summed E-state index contributed by atoms with van der Waals surface area (Å²) in [5, 5.41) is 8.35. The van der Waals surface area contributed by atoms with E-state index in [1.807, 2.05) is 84.5 Å². The highest BCUT2D eigenvalue weighted by Crippen LogP contribution is 2.38. The van der Waals surface area contributed by atoms with Crippen molar-refractivity contribution in [1.82, 2.24) is 24.6 Å². The summed E-state index contributed by atoms with van der Waals surface area (Å²) >= 11 is 6.39. The molecule has 0 saturated heterocycles. The molecule has 8 nitrogen and oxygen atoms in total. The van der Waals surface area contributed by atoms with Gasteiger partial charge >= 0.3 is 12.0 Å². The van der Waals surface area contributed by atoms with Crippen molar-refractivity contribution in [3.8, 4) is 11.5 Å². The lowest BCUT2D eigenvalue weighted by Gasteiger charge is -2.31. The van der Waals surface area contributed by atoms with Gasteiger partial charge in [0.1, 0.15) is 5.82 Å². The maximum atomic E-state index is 13.7. The number of aromatic nitrogens is 3. The zero-order chi connectivity index (χ0) is 25.9. The maximum Gasteiger partial charge on any atom is 0.318 e. The Morgan fingerprint density at radius 3 is 2.68 bits per heavy atom. The molecule has 2 aromatic carbocycles. The summed E-state index contributed by atoms with van der Waals surface area (Å²) in [6, 6.07) is 20.8. The number of hydrogen-bond acceptors (Lipinski definition) is 4. The van der Waals surface area contributed by atoms with Gasteiger partial charge in [-0.3, -0.25) is 4.79 Å². The van der Waals surface area contributed by atoms with Crippen molar-refractivity contribution in [2.75, 3.05) is 13.2 Å². The van der Waals surface area contributed by atoms with Gasteiger partial charge in [-0.15, -0.1) is 0 Å². The van der Waals surface area contributed by atoms with E-state index in [9.17, 15) is 9.59 Å². The molecule has 0 aliphatic carbocycles. The molecule has 0 radical (unpaired) electrons. The number of benzene rings is 2. The molecular weight excluding hydrogens is 490 g/mol. The summed E-state index contributed by atoms with van der Waals surface area (Å²) in [7, 11) is 0. The van der Waals surface area contributed by atoms with Gasteiger partial charge in [-0.05, 0) is 55.8 Å². The highest BCUT2D eigenvalue weighted by Gasteiger charge is 2.36. The van der Waals surface area contributed by atoms with Crippen molar-refractivity contribution in [2.45, 2.75) is 32.9 Å². The van der Waals surface area contributed by atoms with Gasteiger partial charge in [0.15, 0.2) is 0 Å². The predicted molar refractivity (Wildman–Crippen MR) is 141 cm³/mol. The Morgan fingerprint density at radius 2 is 1.92 bits per heavy atom. The second-order valence-corrected chi connectivity index (χ2v) is 9.25. The van der Waals surface area contributed by atoms with Crippen LogP contribution in [-0.4, -0.2) is 44.4 Å². The molecular formula is C28H28ClN5O3. The first-order chi connectivity index (χ1) is 18.0. The molecule has 5 rings (SSSR count). The monoisotopic (exact) mass is 517 g/mol. The molecule has 0 fully saturated rings. The van der Waals surface area contributed by atoms with E-state index in [4.69, 9.17) is 21.4 Å². The molecule has 0 spiro atoms. The number of nitrogens with one attached hydrogen (secondary N) is 1. The number of fused-ring (bicyclic) bond motifs is 3. The molecule has 1 N–H and O–H groups in total. The summed E-state index contributed by atoms with van der Waals surface area (Å²) < 4.78 is 9.02. The van der Waals surface area contributed by atoms with E-state index in [1.54, 1.807) is 11.8 Å². The molecule has 37 heavy (non-hydrogen) atoms. The number of halogens is 1. The first kappa shape index (κ1) is 24.6. The number of carbonyl (C=O) groups excluding carboxylic acids is 2. The van der Waals surface area contributed by atoms with E-state index >= 15 is 0 Å². The number of ether oxygens (including phenoxy) is 1. The fourth-order valence-electron chi connectivity index (χ4n) is 4.78. The van der Waals surface area contributed by atoms with Crippen LogP contribution in [0.15, 0.2) is 72.9 Å². The average Bonchev–Trinajstić information content (AvgIpc) is 3.45.